The molecule has 1 aliphatic carbocycles. The van der Waals surface area contributed by atoms with Gasteiger partial charge in [-0.3, -0.25) is 4.90 Å². The number of rotatable bonds is 5. The van der Waals surface area contributed by atoms with Crippen molar-refractivity contribution in [1.29, 1.82) is 0 Å². The van der Waals surface area contributed by atoms with E-state index in [0.29, 0.717) is 11.9 Å². The highest BCUT2D eigenvalue weighted by Gasteiger charge is 2.25. The topological polar surface area (TPSA) is 66.5 Å². The lowest BCUT2D eigenvalue weighted by molar-refractivity contribution is 0.232. The van der Waals surface area contributed by atoms with Gasteiger partial charge in [0.2, 0.25) is 5.88 Å². The molecule has 1 saturated heterocycles. The van der Waals surface area contributed by atoms with Crippen molar-refractivity contribution in [2.45, 2.75) is 50.7 Å². The number of aromatic nitrogens is 1. The summed E-state index contributed by atoms with van der Waals surface area (Å²) in [5, 5.41) is 6.20. The van der Waals surface area contributed by atoms with Gasteiger partial charge in [0.25, 0.3) is 0 Å². The van der Waals surface area contributed by atoms with E-state index in [4.69, 9.17) is 4.74 Å². The quantitative estimate of drug-likeness (QED) is 0.870. The number of hydrogen-bond donors (Lipinski definition) is 2. The first-order valence-electron chi connectivity index (χ1n) is 8.51. The molecule has 1 aliphatic heterocycles. The van der Waals surface area contributed by atoms with Crippen LogP contribution in [0.4, 0.5) is 4.79 Å². The molecule has 6 heteroatoms. The van der Waals surface area contributed by atoms with Crippen LogP contribution in [0.25, 0.3) is 0 Å². The van der Waals surface area contributed by atoms with Crippen LogP contribution < -0.4 is 15.4 Å². The Hall–Kier alpha value is -1.82. The molecule has 2 fully saturated rings. The molecule has 1 atom stereocenters. The predicted molar refractivity (Wildman–Crippen MR) is 88.4 cm³/mol. The zero-order valence-corrected chi connectivity index (χ0v) is 13.8. The van der Waals surface area contributed by atoms with Crippen LogP contribution in [0.3, 0.4) is 0 Å². The maximum atomic E-state index is 12.0. The minimum atomic E-state index is -0.00476. The van der Waals surface area contributed by atoms with Gasteiger partial charge in [-0.2, -0.15) is 0 Å². The largest absolute Gasteiger partial charge is 0.481 e. The maximum Gasteiger partial charge on any atom is 0.315 e. The molecule has 2 N–H and O–H groups in total. The first-order valence-corrected chi connectivity index (χ1v) is 8.51. The lowest BCUT2D eigenvalue weighted by atomic mass is 10.2. The van der Waals surface area contributed by atoms with Gasteiger partial charge in [-0.25, -0.2) is 9.78 Å². The number of nitrogens with one attached hydrogen (secondary N) is 2. The maximum absolute atomic E-state index is 12.0. The van der Waals surface area contributed by atoms with Gasteiger partial charge >= 0.3 is 6.03 Å². The van der Waals surface area contributed by atoms with Crippen LogP contribution in [-0.4, -0.2) is 48.2 Å². The van der Waals surface area contributed by atoms with Crippen molar-refractivity contribution in [1.82, 2.24) is 20.5 Å². The summed E-state index contributed by atoms with van der Waals surface area (Å²) in [6, 6.07) is 4.53. The molecule has 6 nitrogen and oxygen atoms in total. The van der Waals surface area contributed by atoms with Gasteiger partial charge in [-0.1, -0.05) is 18.9 Å². The van der Waals surface area contributed by atoms with E-state index in [2.05, 4.69) is 20.5 Å². The van der Waals surface area contributed by atoms with Crippen molar-refractivity contribution in [3.63, 3.8) is 0 Å². The second kappa shape index (κ2) is 7.64. The number of likely N-dealkylation sites (tertiary alicyclic amines) is 1. The van der Waals surface area contributed by atoms with Crippen LogP contribution in [-0.2, 0) is 6.54 Å². The summed E-state index contributed by atoms with van der Waals surface area (Å²) in [5.41, 5.74) is 1.17. The van der Waals surface area contributed by atoms with Crippen molar-refractivity contribution >= 4 is 6.03 Å². The van der Waals surface area contributed by atoms with Gasteiger partial charge in [0.05, 0.1) is 7.11 Å². The molecular formula is C17H26N4O2. The van der Waals surface area contributed by atoms with Crippen LogP contribution in [0.1, 0.15) is 37.7 Å². The summed E-state index contributed by atoms with van der Waals surface area (Å²) in [7, 11) is 1.62. The molecule has 3 rings (SSSR count). The van der Waals surface area contributed by atoms with E-state index in [1.54, 1.807) is 7.11 Å². The zero-order valence-electron chi connectivity index (χ0n) is 13.8. The number of hydrogen-bond acceptors (Lipinski definition) is 4. The molecule has 1 aromatic rings. The van der Waals surface area contributed by atoms with E-state index in [0.717, 1.165) is 38.9 Å². The highest BCUT2D eigenvalue weighted by Crippen LogP contribution is 2.18. The van der Waals surface area contributed by atoms with E-state index >= 15 is 0 Å². The average Bonchev–Trinajstić information content (AvgIpc) is 3.20. The third kappa shape index (κ3) is 4.58. The highest BCUT2D eigenvalue weighted by atomic mass is 16.5. The van der Waals surface area contributed by atoms with Gasteiger partial charge in [-0.15, -0.1) is 0 Å². The molecule has 126 valence electrons. The fourth-order valence-corrected chi connectivity index (χ4v) is 3.46. The smallest absolute Gasteiger partial charge is 0.315 e. The fourth-order valence-electron chi connectivity index (χ4n) is 3.46. The van der Waals surface area contributed by atoms with Gasteiger partial charge in [0, 0.05) is 44.0 Å². The Morgan fingerprint density at radius 2 is 2.04 bits per heavy atom. The number of ether oxygens (including phenoxy) is 1. The van der Waals surface area contributed by atoms with E-state index in [1.165, 1.54) is 18.4 Å². The molecule has 0 unspecified atom stereocenters. The highest BCUT2D eigenvalue weighted by molar-refractivity contribution is 5.74. The van der Waals surface area contributed by atoms with Crippen LogP contribution in [0.15, 0.2) is 18.3 Å². The summed E-state index contributed by atoms with van der Waals surface area (Å²) in [4.78, 5) is 18.6. The number of nitrogens with zero attached hydrogens (tertiary/aromatic N) is 2. The Bertz CT molecular complexity index is 514. The summed E-state index contributed by atoms with van der Waals surface area (Å²) in [5.74, 6) is 0.637. The van der Waals surface area contributed by atoms with Crippen LogP contribution in [0, 0.1) is 0 Å². The number of carbonyl (C=O) groups is 1. The number of methoxy groups -OCH3 is 1. The van der Waals surface area contributed by atoms with E-state index in [9.17, 15) is 4.79 Å². The first kappa shape index (κ1) is 16.1. The second-order valence-electron chi connectivity index (χ2n) is 6.53. The Kier molecular flexibility index (Phi) is 5.33. The van der Waals surface area contributed by atoms with Crippen molar-refractivity contribution < 1.29 is 9.53 Å². The van der Waals surface area contributed by atoms with Gasteiger partial charge in [-0.05, 0) is 24.8 Å². The lowest BCUT2D eigenvalue weighted by Crippen LogP contribution is -2.46. The van der Waals surface area contributed by atoms with Gasteiger partial charge in [0.1, 0.15) is 0 Å². The fraction of sp³-hybridized carbons (Fsp3) is 0.647. The summed E-state index contributed by atoms with van der Waals surface area (Å²) < 4.78 is 5.08. The third-order valence-corrected chi connectivity index (χ3v) is 4.71. The normalized spacial score (nSPS) is 22.2. The molecule has 1 saturated carbocycles. The van der Waals surface area contributed by atoms with Crippen molar-refractivity contribution in [3.8, 4) is 5.88 Å². The summed E-state index contributed by atoms with van der Waals surface area (Å²) in [6.07, 6.45) is 7.56. The van der Waals surface area contributed by atoms with Crippen LogP contribution in [0.2, 0.25) is 0 Å². The third-order valence-electron chi connectivity index (χ3n) is 4.71. The Morgan fingerprint density at radius 1 is 1.26 bits per heavy atom. The molecule has 1 aromatic heterocycles. The van der Waals surface area contributed by atoms with Gasteiger partial charge < -0.3 is 15.4 Å². The molecule has 2 aliphatic rings. The Labute approximate surface area is 137 Å². The lowest BCUT2D eigenvalue weighted by Gasteiger charge is -2.18. The van der Waals surface area contributed by atoms with E-state index < -0.39 is 0 Å². The second-order valence-corrected chi connectivity index (χ2v) is 6.53. The van der Waals surface area contributed by atoms with E-state index in [1.807, 2.05) is 18.3 Å². The summed E-state index contributed by atoms with van der Waals surface area (Å²) >= 11 is 0. The molecule has 0 aromatic carbocycles. The predicted octanol–water partition coefficient (Wildman–Crippen LogP) is 1.91. The molecule has 23 heavy (non-hydrogen) atoms. The molecular weight excluding hydrogens is 292 g/mol. The molecule has 0 bridgehead atoms. The van der Waals surface area contributed by atoms with Crippen LogP contribution >= 0.6 is 0 Å². The average molecular weight is 318 g/mol. The SMILES string of the molecule is COc1ccc(CN2CC[C@H](NC(=O)NC3CCCC3)C2)cn1. The minimum absolute atomic E-state index is 0.00476. The summed E-state index contributed by atoms with van der Waals surface area (Å²) in [6.45, 7) is 2.75. The Balaban J connectivity index is 1.41. The van der Waals surface area contributed by atoms with Crippen molar-refractivity contribution in [2.75, 3.05) is 20.2 Å². The van der Waals surface area contributed by atoms with Crippen molar-refractivity contribution in [2.24, 2.45) is 0 Å². The monoisotopic (exact) mass is 318 g/mol. The number of amides is 2. The number of urea groups is 1. The Morgan fingerprint density at radius 3 is 2.74 bits per heavy atom. The van der Waals surface area contributed by atoms with Gasteiger partial charge in [0.15, 0.2) is 0 Å². The van der Waals surface area contributed by atoms with Crippen molar-refractivity contribution in [3.05, 3.63) is 23.9 Å². The molecule has 0 radical (unpaired) electrons. The number of pyridine rings is 1. The number of carbonyl (C=O) groups excluding carboxylic acids is 1. The molecule has 2 heterocycles. The molecule has 2 amide bonds. The van der Waals surface area contributed by atoms with E-state index in [-0.39, 0.29) is 12.1 Å². The minimum Gasteiger partial charge on any atom is -0.481 e. The first-order chi connectivity index (χ1) is 11.2. The zero-order chi connectivity index (χ0) is 16.1. The van der Waals surface area contributed by atoms with Crippen LogP contribution in [0.5, 0.6) is 5.88 Å². The standard InChI is InChI=1S/C17H26N4O2/c1-23-16-7-6-13(10-18-16)11-21-9-8-15(12-21)20-17(22)19-14-4-2-3-5-14/h6-7,10,14-15H,2-5,8-9,11-12H2,1H3,(H2,19,20,22)/t15-/m0/s1. The molecule has 0 spiro atoms.